The van der Waals surface area contributed by atoms with E-state index in [0.717, 1.165) is 37.9 Å². The molecule has 1 saturated heterocycles. The van der Waals surface area contributed by atoms with Gasteiger partial charge in [0.25, 0.3) is 5.91 Å². The molecule has 176 valence electrons. The number of fused-ring (bicyclic) bond motifs is 1. The van der Waals surface area contributed by atoms with Gasteiger partial charge in [-0.3, -0.25) is 9.59 Å². The third kappa shape index (κ3) is 5.46. The Balaban J connectivity index is 1.40. The van der Waals surface area contributed by atoms with Crippen LogP contribution in [0.15, 0.2) is 42.5 Å². The normalized spacial score (nSPS) is 19.2. The maximum atomic E-state index is 13.3. The molecule has 1 aromatic heterocycles. The highest BCUT2D eigenvalue weighted by atomic mass is 16.5. The van der Waals surface area contributed by atoms with Gasteiger partial charge in [-0.2, -0.15) is 0 Å². The number of pyridine rings is 1. The summed E-state index contributed by atoms with van der Waals surface area (Å²) in [5, 5.41) is 3.11. The van der Waals surface area contributed by atoms with Crippen molar-refractivity contribution < 1.29 is 19.1 Å². The summed E-state index contributed by atoms with van der Waals surface area (Å²) in [7, 11) is 1.54. The standard InChI is InChI=1S/C26H33N3O4/c1-32-23-12-7-10-21(28-23)24(30)29-17-14-26(15-18-29)13-6-2-3-8-20-9-4-5-11-22(20)33-19-16-27-25(26)31/h4-5,7,9-12H,2-3,6,8,13-19H2,1H3,(H,27,31). The lowest BCUT2D eigenvalue weighted by molar-refractivity contribution is -0.134. The second kappa shape index (κ2) is 10.7. The van der Waals surface area contributed by atoms with E-state index in [1.54, 1.807) is 23.1 Å². The van der Waals surface area contributed by atoms with E-state index in [-0.39, 0.29) is 11.8 Å². The van der Waals surface area contributed by atoms with Crippen LogP contribution in [0.2, 0.25) is 0 Å². The minimum absolute atomic E-state index is 0.0882. The first-order chi connectivity index (χ1) is 16.1. The molecule has 0 bridgehead atoms. The molecule has 3 heterocycles. The van der Waals surface area contributed by atoms with Crippen LogP contribution in [0.25, 0.3) is 0 Å². The Morgan fingerprint density at radius 2 is 1.88 bits per heavy atom. The Morgan fingerprint density at radius 1 is 1.06 bits per heavy atom. The molecule has 2 aliphatic rings. The number of para-hydroxylation sites is 1. The molecule has 2 aromatic rings. The second-order valence-electron chi connectivity index (χ2n) is 8.91. The van der Waals surface area contributed by atoms with E-state index in [2.05, 4.69) is 16.4 Å². The van der Waals surface area contributed by atoms with Crippen LogP contribution >= 0.6 is 0 Å². The van der Waals surface area contributed by atoms with Crippen LogP contribution in [0.5, 0.6) is 11.6 Å². The van der Waals surface area contributed by atoms with Crippen LogP contribution in [0, 0.1) is 5.41 Å². The molecular formula is C26H33N3O4. The molecule has 0 saturated carbocycles. The van der Waals surface area contributed by atoms with Crippen molar-refractivity contribution in [1.29, 1.82) is 0 Å². The largest absolute Gasteiger partial charge is 0.491 e. The minimum atomic E-state index is -0.431. The van der Waals surface area contributed by atoms with E-state index < -0.39 is 5.41 Å². The van der Waals surface area contributed by atoms with Gasteiger partial charge >= 0.3 is 0 Å². The number of amides is 2. The predicted molar refractivity (Wildman–Crippen MR) is 125 cm³/mol. The lowest BCUT2D eigenvalue weighted by atomic mass is 9.73. The number of hydrogen-bond donors (Lipinski definition) is 1. The first-order valence-electron chi connectivity index (χ1n) is 11.9. The number of benzene rings is 1. The molecule has 1 aromatic carbocycles. The van der Waals surface area contributed by atoms with Gasteiger partial charge in [0.2, 0.25) is 11.8 Å². The third-order valence-corrected chi connectivity index (χ3v) is 6.86. The van der Waals surface area contributed by atoms with Crippen molar-refractivity contribution in [2.45, 2.75) is 44.9 Å². The van der Waals surface area contributed by atoms with Crippen molar-refractivity contribution in [2.75, 3.05) is 33.4 Å². The van der Waals surface area contributed by atoms with Crippen LogP contribution in [-0.2, 0) is 11.2 Å². The first-order valence-corrected chi connectivity index (χ1v) is 11.9. The Bertz CT molecular complexity index is 970. The van der Waals surface area contributed by atoms with Crippen LogP contribution in [0.1, 0.15) is 54.6 Å². The smallest absolute Gasteiger partial charge is 0.272 e. The lowest BCUT2D eigenvalue weighted by Crippen LogP contribution is -2.50. The summed E-state index contributed by atoms with van der Waals surface area (Å²) in [4.78, 5) is 32.3. The number of piperidine rings is 1. The zero-order valence-corrected chi connectivity index (χ0v) is 19.3. The zero-order valence-electron chi connectivity index (χ0n) is 19.3. The molecule has 2 amide bonds. The fraction of sp³-hybridized carbons (Fsp3) is 0.500. The summed E-state index contributed by atoms with van der Waals surface area (Å²) in [6.07, 6.45) is 6.30. The van der Waals surface area contributed by atoms with Crippen LogP contribution in [0.4, 0.5) is 0 Å². The van der Waals surface area contributed by atoms with Crippen molar-refractivity contribution >= 4 is 11.8 Å². The average Bonchev–Trinajstić information content (AvgIpc) is 2.87. The molecule has 0 radical (unpaired) electrons. The fourth-order valence-electron chi connectivity index (χ4n) is 4.86. The van der Waals surface area contributed by atoms with Crippen LogP contribution in [-0.4, -0.2) is 55.0 Å². The Labute approximate surface area is 195 Å². The van der Waals surface area contributed by atoms with Gasteiger partial charge in [-0.25, -0.2) is 4.98 Å². The Kier molecular flexibility index (Phi) is 7.47. The highest BCUT2D eigenvalue weighted by molar-refractivity contribution is 5.92. The van der Waals surface area contributed by atoms with Gasteiger partial charge in [-0.1, -0.05) is 37.1 Å². The molecule has 4 rings (SSSR count). The number of nitrogens with one attached hydrogen (secondary N) is 1. The fourth-order valence-corrected chi connectivity index (χ4v) is 4.86. The molecule has 0 unspecified atom stereocenters. The predicted octanol–water partition coefficient (Wildman–Crippen LogP) is 3.62. The van der Waals surface area contributed by atoms with Crippen LogP contribution in [0.3, 0.4) is 0 Å². The van der Waals surface area contributed by atoms with Crippen molar-refractivity contribution in [3.63, 3.8) is 0 Å². The molecule has 1 spiro atoms. The molecule has 7 nitrogen and oxygen atoms in total. The van der Waals surface area contributed by atoms with Gasteiger partial charge in [0.15, 0.2) is 0 Å². The minimum Gasteiger partial charge on any atom is -0.491 e. The van der Waals surface area contributed by atoms with Gasteiger partial charge in [0.1, 0.15) is 18.1 Å². The van der Waals surface area contributed by atoms with Crippen molar-refractivity contribution in [3.05, 3.63) is 53.7 Å². The van der Waals surface area contributed by atoms with Crippen molar-refractivity contribution in [2.24, 2.45) is 5.41 Å². The number of rotatable bonds is 2. The third-order valence-electron chi connectivity index (χ3n) is 6.86. The molecule has 1 N–H and O–H groups in total. The van der Waals surface area contributed by atoms with Gasteiger partial charge < -0.3 is 19.7 Å². The van der Waals surface area contributed by atoms with Crippen molar-refractivity contribution in [3.8, 4) is 11.6 Å². The number of carbonyl (C=O) groups is 2. The van der Waals surface area contributed by atoms with E-state index in [0.29, 0.717) is 50.7 Å². The van der Waals surface area contributed by atoms with Gasteiger partial charge in [-0.15, -0.1) is 0 Å². The zero-order chi connectivity index (χ0) is 23.1. The number of nitrogens with zero attached hydrogens (tertiary/aromatic N) is 2. The summed E-state index contributed by atoms with van der Waals surface area (Å²) >= 11 is 0. The van der Waals surface area contributed by atoms with E-state index >= 15 is 0 Å². The average molecular weight is 452 g/mol. The summed E-state index contributed by atoms with van der Waals surface area (Å²) in [6.45, 7) is 2.02. The van der Waals surface area contributed by atoms with Gasteiger partial charge in [0.05, 0.1) is 19.1 Å². The SMILES string of the molecule is COc1cccc(C(=O)N2CCC3(CCCCCc4ccccc4OCCNC3=O)CC2)n1. The summed E-state index contributed by atoms with van der Waals surface area (Å²) in [5.41, 5.74) is 1.18. The van der Waals surface area contributed by atoms with Gasteiger partial charge in [0, 0.05) is 19.2 Å². The van der Waals surface area contributed by atoms with E-state index in [1.807, 2.05) is 18.2 Å². The monoisotopic (exact) mass is 451 g/mol. The number of aryl methyl sites for hydroxylation is 1. The molecule has 33 heavy (non-hydrogen) atoms. The maximum absolute atomic E-state index is 13.3. The first kappa shape index (κ1) is 23.1. The molecular weight excluding hydrogens is 418 g/mol. The highest BCUT2D eigenvalue weighted by Gasteiger charge is 2.41. The van der Waals surface area contributed by atoms with E-state index in [9.17, 15) is 9.59 Å². The molecule has 1 fully saturated rings. The van der Waals surface area contributed by atoms with Crippen molar-refractivity contribution in [1.82, 2.24) is 15.2 Å². The topological polar surface area (TPSA) is 80.8 Å². The van der Waals surface area contributed by atoms with Crippen LogP contribution < -0.4 is 14.8 Å². The lowest BCUT2D eigenvalue weighted by Gasteiger charge is -2.40. The summed E-state index contributed by atoms with van der Waals surface area (Å²) in [5.74, 6) is 1.32. The van der Waals surface area contributed by atoms with Gasteiger partial charge in [-0.05, 0) is 49.8 Å². The number of hydrogen-bond acceptors (Lipinski definition) is 5. The molecule has 2 aliphatic heterocycles. The van der Waals surface area contributed by atoms with E-state index in [1.165, 1.54) is 12.7 Å². The number of ether oxygens (including phenoxy) is 2. The summed E-state index contributed by atoms with van der Waals surface area (Å²) < 4.78 is 11.1. The molecule has 7 heteroatoms. The molecule has 0 aliphatic carbocycles. The number of aromatic nitrogens is 1. The highest BCUT2D eigenvalue weighted by Crippen LogP contribution is 2.38. The summed E-state index contributed by atoms with van der Waals surface area (Å²) in [6, 6.07) is 13.4. The Hall–Kier alpha value is -3.09. The number of methoxy groups -OCH3 is 1. The quantitative estimate of drug-likeness (QED) is 0.754. The number of likely N-dealkylation sites (tertiary alicyclic amines) is 1. The van der Waals surface area contributed by atoms with E-state index in [4.69, 9.17) is 9.47 Å². The molecule has 0 atom stereocenters. The Morgan fingerprint density at radius 3 is 2.70 bits per heavy atom. The second-order valence-corrected chi connectivity index (χ2v) is 8.91. The number of carbonyl (C=O) groups excluding carboxylic acids is 2. The maximum Gasteiger partial charge on any atom is 0.272 e.